The first-order valence-electron chi connectivity index (χ1n) is 7.39. The van der Waals surface area contributed by atoms with E-state index in [9.17, 15) is 4.79 Å². The molecule has 22 heavy (non-hydrogen) atoms. The number of fused-ring (bicyclic) bond motifs is 2. The maximum Gasteiger partial charge on any atom is 0.329 e. The van der Waals surface area contributed by atoms with Crippen molar-refractivity contribution in [2.24, 2.45) is 0 Å². The summed E-state index contributed by atoms with van der Waals surface area (Å²) in [7, 11) is 0. The van der Waals surface area contributed by atoms with Crippen LogP contribution in [0.15, 0.2) is 53.3 Å². The molecule has 0 aliphatic carbocycles. The molecule has 1 N–H and O–H groups in total. The highest BCUT2D eigenvalue weighted by atomic mass is 16.1. The number of hydrogen-bond acceptors (Lipinski definition) is 2. The molecule has 5 nitrogen and oxygen atoms in total. The zero-order valence-corrected chi connectivity index (χ0v) is 12.3. The van der Waals surface area contributed by atoms with Crippen molar-refractivity contribution in [2.45, 2.75) is 20.0 Å². The largest absolute Gasteiger partial charge is 0.340 e. The maximum absolute atomic E-state index is 12.6. The van der Waals surface area contributed by atoms with E-state index < -0.39 is 0 Å². The van der Waals surface area contributed by atoms with Gasteiger partial charge < -0.3 is 4.98 Å². The van der Waals surface area contributed by atoms with Crippen LogP contribution >= 0.6 is 0 Å². The molecule has 2 aromatic heterocycles. The molecular weight excluding hydrogens is 276 g/mol. The van der Waals surface area contributed by atoms with Gasteiger partial charge in [0.15, 0.2) is 0 Å². The minimum absolute atomic E-state index is 0.00385. The van der Waals surface area contributed by atoms with Gasteiger partial charge in [-0.15, -0.1) is 0 Å². The average molecular weight is 292 g/mol. The molecule has 4 aromatic rings. The van der Waals surface area contributed by atoms with Crippen LogP contribution in [0.2, 0.25) is 0 Å². The van der Waals surface area contributed by atoms with Gasteiger partial charge in [-0.25, -0.2) is 9.78 Å². The topological polar surface area (TPSA) is 55.6 Å². The Labute approximate surface area is 126 Å². The van der Waals surface area contributed by atoms with Gasteiger partial charge in [-0.2, -0.15) is 0 Å². The lowest BCUT2D eigenvalue weighted by atomic mass is 10.3. The van der Waals surface area contributed by atoms with Crippen molar-refractivity contribution in [3.05, 3.63) is 64.8 Å². The van der Waals surface area contributed by atoms with Crippen molar-refractivity contribution in [2.75, 3.05) is 0 Å². The van der Waals surface area contributed by atoms with Gasteiger partial charge in [0.25, 0.3) is 0 Å². The number of aryl methyl sites for hydroxylation is 1. The third-order valence-corrected chi connectivity index (χ3v) is 3.99. The van der Waals surface area contributed by atoms with E-state index in [-0.39, 0.29) is 5.69 Å². The summed E-state index contributed by atoms with van der Waals surface area (Å²) in [6, 6.07) is 15.8. The van der Waals surface area contributed by atoms with E-state index in [4.69, 9.17) is 0 Å². The first-order chi connectivity index (χ1) is 10.8. The number of aromatic amines is 1. The summed E-state index contributed by atoms with van der Waals surface area (Å²) in [5.41, 5.74) is 3.82. The smallest absolute Gasteiger partial charge is 0.329 e. The Morgan fingerprint density at radius 2 is 1.68 bits per heavy atom. The third-order valence-electron chi connectivity index (χ3n) is 3.99. The quantitative estimate of drug-likeness (QED) is 0.631. The zero-order valence-electron chi connectivity index (χ0n) is 12.3. The minimum Gasteiger partial charge on any atom is -0.340 e. The zero-order chi connectivity index (χ0) is 15.1. The monoisotopic (exact) mass is 292 g/mol. The summed E-state index contributed by atoms with van der Waals surface area (Å²) in [4.78, 5) is 20.5. The fourth-order valence-electron chi connectivity index (χ4n) is 2.96. The molecule has 0 radical (unpaired) electrons. The molecular formula is C17H16N4O. The molecule has 0 spiro atoms. The molecule has 5 heteroatoms. The Morgan fingerprint density at radius 1 is 1.00 bits per heavy atom. The maximum atomic E-state index is 12.6. The molecule has 0 amide bonds. The summed E-state index contributed by atoms with van der Waals surface area (Å²) in [5.74, 6) is 0.794. The van der Waals surface area contributed by atoms with Crippen LogP contribution in [0.25, 0.3) is 22.1 Å². The van der Waals surface area contributed by atoms with Gasteiger partial charge in [-0.05, 0) is 31.2 Å². The first kappa shape index (κ1) is 12.9. The number of benzene rings is 2. The third kappa shape index (κ3) is 1.86. The predicted molar refractivity (Wildman–Crippen MR) is 87.1 cm³/mol. The number of nitrogens with zero attached hydrogens (tertiary/aromatic N) is 3. The molecule has 2 aromatic carbocycles. The molecule has 0 saturated carbocycles. The second-order valence-corrected chi connectivity index (χ2v) is 5.30. The molecule has 0 unspecified atom stereocenters. The highest BCUT2D eigenvalue weighted by Crippen LogP contribution is 2.15. The van der Waals surface area contributed by atoms with E-state index in [1.54, 1.807) is 9.13 Å². The Balaban J connectivity index is 1.87. The highest BCUT2D eigenvalue weighted by Gasteiger charge is 2.13. The molecule has 0 bridgehead atoms. The Hall–Kier alpha value is -2.82. The fraction of sp³-hybridized carbons (Fsp3) is 0.176. The summed E-state index contributed by atoms with van der Waals surface area (Å²) in [6.07, 6.45) is 0. The van der Waals surface area contributed by atoms with E-state index in [2.05, 4.69) is 9.97 Å². The van der Waals surface area contributed by atoms with Crippen LogP contribution in [0.5, 0.6) is 0 Å². The van der Waals surface area contributed by atoms with E-state index >= 15 is 0 Å². The SMILES string of the molecule is CCn1c(=O)n(Cc2nc3ccccc3[nH]2)c2ccccc21. The molecule has 0 aliphatic heterocycles. The second kappa shape index (κ2) is 4.87. The molecule has 110 valence electrons. The number of imidazole rings is 2. The van der Waals surface area contributed by atoms with Crippen molar-refractivity contribution in [3.8, 4) is 0 Å². The summed E-state index contributed by atoms with van der Waals surface area (Å²) in [6.45, 7) is 3.09. The van der Waals surface area contributed by atoms with Gasteiger partial charge in [0.2, 0.25) is 0 Å². The van der Waals surface area contributed by atoms with Crippen LogP contribution < -0.4 is 5.69 Å². The Kier molecular flexibility index (Phi) is 2.85. The Bertz CT molecular complexity index is 989. The Morgan fingerprint density at radius 3 is 2.41 bits per heavy atom. The number of H-pyrrole nitrogens is 1. The summed E-state index contributed by atoms with van der Waals surface area (Å²) < 4.78 is 3.56. The van der Waals surface area contributed by atoms with E-state index in [1.807, 2.05) is 55.5 Å². The summed E-state index contributed by atoms with van der Waals surface area (Å²) in [5, 5.41) is 0. The fourth-order valence-corrected chi connectivity index (χ4v) is 2.96. The van der Waals surface area contributed by atoms with E-state index in [1.165, 1.54) is 0 Å². The van der Waals surface area contributed by atoms with Crippen molar-refractivity contribution in [1.82, 2.24) is 19.1 Å². The number of nitrogens with one attached hydrogen (secondary N) is 1. The van der Waals surface area contributed by atoms with Gasteiger partial charge in [-0.3, -0.25) is 9.13 Å². The molecule has 2 heterocycles. The van der Waals surface area contributed by atoms with Crippen molar-refractivity contribution < 1.29 is 0 Å². The highest BCUT2D eigenvalue weighted by molar-refractivity contribution is 5.77. The van der Waals surface area contributed by atoms with Crippen LogP contribution in [0.1, 0.15) is 12.7 Å². The van der Waals surface area contributed by atoms with Crippen LogP contribution in [-0.2, 0) is 13.1 Å². The van der Waals surface area contributed by atoms with Crippen molar-refractivity contribution >= 4 is 22.1 Å². The molecule has 0 fully saturated rings. The number of para-hydroxylation sites is 4. The first-order valence-corrected chi connectivity index (χ1v) is 7.39. The number of rotatable bonds is 3. The van der Waals surface area contributed by atoms with E-state index in [0.29, 0.717) is 13.1 Å². The number of hydrogen-bond donors (Lipinski definition) is 1. The molecule has 4 rings (SSSR count). The van der Waals surface area contributed by atoms with Crippen LogP contribution in [0.4, 0.5) is 0 Å². The lowest BCUT2D eigenvalue weighted by Crippen LogP contribution is -2.24. The minimum atomic E-state index is 0.00385. The van der Waals surface area contributed by atoms with Crippen LogP contribution in [-0.4, -0.2) is 19.1 Å². The normalized spacial score (nSPS) is 11.5. The molecule has 0 saturated heterocycles. The predicted octanol–water partition coefficient (Wildman–Crippen LogP) is 2.75. The number of aromatic nitrogens is 4. The summed E-state index contributed by atoms with van der Waals surface area (Å²) >= 11 is 0. The van der Waals surface area contributed by atoms with Gasteiger partial charge in [0.05, 0.1) is 28.6 Å². The van der Waals surface area contributed by atoms with Gasteiger partial charge in [0.1, 0.15) is 5.82 Å². The van der Waals surface area contributed by atoms with E-state index in [0.717, 1.165) is 27.9 Å². The van der Waals surface area contributed by atoms with Crippen molar-refractivity contribution in [1.29, 1.82) is 0 Å². The lowest BCUT2D eigenvalue weighted by molar-refractivity contribution is 0.672. The lowest BCUT2D eigenvalue weighted by Gasteiger charge is -1.99. The second-order valence-electron chi connectivity index (χ2n) is 5.30. The standard InChI is InChI=1S/C17H16N4O/c1-2-20-14-9-5-6-10-15(14)21(17(20)22)11-16-18-12-7-3-4-8-13(12)19-16/h3-10H,2,11H2,1H3,(H,18,19). The van der Waals surface area contributed by atoms with Gasteiger partial charge in [0, 0.05) is 6.54 Å². The van der Waals surface area contributed by atoms with Crippen molar-refractivity contribution in [3.63, 3.8) is 0 Å². The van der Waals surface area contributed by atoms with Crippen LogP contribution in [0.3, 0.4) is 0 Å². The molecule has 0 atom stereocenters. The molecule has 0 aliphatic rings. The van der Waals surface area contributed by atoms with Gasteiger partial charge in [-0.1, -0.05) is 24.3 Å². The average Bonchev–Trinajstić information content (AvgIpc) is 3.07. The van der Waals surface area contributed by atoms with Crippen LogP contribution in [0, 0.1) is 0 Å². The van der Waals surface area contributed by atoms with Gasteiger partial charge >= 0.3 is 5.69 Å².